The number of nitrogens with two attached hydrogens (primary N) is 1. The van der Waals surface area contributed by atoms with Crippen LogP contribution in [0.4, 0.5) is 11.4 Å². The van der Waals surface area contributed by atoms with Gasteiger partial charge in [-0.3, -0.25) is 9.00 Å². The fourth-order valence-electron chi connectivity index (χ4n) is 1.46. The fourth-order valence-corrected chi connectivity index (χ4v) is 2.87. The third-order valence-electron chi connectivity index (χ3n) is 2.73. The lowest BCUT2D eigenvalue weighted by Gasteiger charge is -2.13. The predicted molar refractivity (Wildman–Crippen MR) is 81.9 cm³/mol. The van der Waals surface area contributed by atoms with Crippen molar-refractivity contribution in [1.82, 2.24) is 0 Å². The van der Waals surface area contributed by atoms with Gasteiger partial charge in [0.1, 0.15) is 5.25 Å². The van der Waals surface area contributed by atoms with E-state index >= 15 is 0 Å². The molecule has 2 unspecified atom stereocenters. The molecule has 3 N–H and O–H groups in total. The van der Waals surface area contributed by atoms with Crippen molar-refractivity contribution in [3.63, 3.8) is 0 Å². The normalized spacial score (nSPS) is 13.8. The van der Waals surface area contributed by atoms with Crippen LogP contribution in [0.5, 0.6) is 0 Å². The molecule has 6 heteroatoms. The highest BCUT2D eigenvalue weighted by atomic mass is 35.5. The number of hydrogen-bond acceptors (Lipinski definition) is 3. The van der Waals surface area contributed by atoms with E-state index in [2.05, 4.69) is 5.32 Å². The van der Waals surface area contributed by atoms with Crippen molar-refractivity contribution in [1.29, 1.82) is 0 Å². The first-order valence-corrected chi connectivity index (χ1v) is 7.94. The van der Waals surface area contributed by atoms with Gasteiger partial charge in [0, 0.05) is 21.6 Å². The number of nitrogen functional groups attached to an aromatic ring is 1. The molecule has 0 radical (unpaired) electrons. The number of carbonyl (C=O) groups excluding carboxylic acids is 1. The number of hydrogen-bond donors (Lipinski definition) is 2. The Morgan fingerprint density at radius 1 is 1.53 bits per heavy atom. The van der Waals surface area contributed by atoms with Gasteiger partial charge in [-0.25, -0.2) is 0 Å². The number of benzene rings is 1. The zero-order valence-corrected chi connectivity index (χ0v) is 12.7. The molecular weight excluding hydrogens is 284 g/mol. The van der Waals surface area contributed by atoms with Gasteiger partial charge < -0.3 is 11.1 Å². The summed E-state index contributed by atoms with van der Waals surface area (Å²) in [5.41, 5.74) is 6.64. The second kappa shape index (κ2) is 7.50. The van der Waals surface area contributed by atoms with Gasteiger partial charge in [-0.1, -0.05) is 24.9 Å². The molecule has 1 aromatic carbocycles. The lowest BCUT2D eigenvalue weighted by molar-refractivity contribution is -0.115. The van der Waals surface area contributed by atoms with Crippen LogP contribution in [0.25, 0.3) is 0 Å². The van der Waals surface area contributed by atoms with Crippen LogP contribution in [0.2, 0.25) is 5.02 Å². The minimum absolute atomic E-state index is 0.288. The molecule has 0 aliphatic heterocycles. The molecule has 0 aliphatic carbocycles. The van der Waals surface area contributed by atoms with Crippen molar-refractivity contribution in [2.75, 3.05) is 16.8 Å². The maximum Gasteiger partial charge on any atom is 0.239 e. The molecule has 0 aromatic heterocycles. The Morgan fingerprint density at radius 2 is 2.21 bits per heavy atom. The van der Waals surface area contributed by atoms with Crippen LogP contribution in [0, 0.1) is 0 Å². The molecular formula is C13H19ClN2O2S. The minimum atomic E-state index is -1.16. The molecule has 0 heterocycles. The van der Waals surface area contributed by atoms with E-state index in [1.54, 1.807) is 25.1 Å². The first-order chi connectivity index (χ1) is 8.95. The van der Waals surface area contributed by atoms with Crippen molar-refractivity contribution in [3.8, 4) is 0 Å². The van der Waals surface area contributed by atoms with Crippen LogP contribution < -0.4 is 11.1 Å². The summed E-state index contributed by atoms with van der Waals surface area (Å²) in [4.78, 5) is 12.0. The topological polar surface area (TPSA) is 72.2 Å². The number of anilines is 2. The summed E-state index contributed by atoms with van der Waals surface area (Å²) in [6.07, 6.45) is 1.82. The quantitative estimate of drug-likeness (QED) is 0.794. The van der Waals surface area contributed by atoms with Crippen LogP contribution in [0.15, 0.2) is 18.2 Å². The molecule has 0 spiro atoms. The lowest BCUT2D eigenvalue weighted by Crippen LogP contribution is -2.30. The van der Waals surface area contributed by atoms with E-state index in [4.69, 9.17) is 17.3 Å². The summed E-state index contributed by atoms with van der Waals surface area (Å²) in [6.45, 7) is 3.68. The van der Waals surface area contributed by atoms with Gasteiger partial charge in [0.25, 0.3) is 0 Å². The van der Waals surface area contributed by atoms with E-state index in [1.807, 2.05) is 6.92 Å². The van der Waals surface area contributed by atoms with Gasteiger partial charge in [-0.05, 0) is 31.5 Å². The molecule has 0 saturated heterocycles. The zero-order chi connectivity index (χ0) is 14.4. The Hall–Kier alpha value is -1.07. The molecule has 0 saturated carbocycles. The van der Waals surface area contributed by atoms with Crippen LogP contribution in [-0.2, 0) is 15.6 Å². The summed E-state index contributed by atoms with van der Waals surface area (Å²) in [7, 11) is -1.16. The highest BCUT2D eigenvalue weighted by Gasteiger charge is 2.20. The summed E-state index contributed by atoms with van der Waals surface area (Å²) < 4.78 is 11.9. The van der Waals surface area contributed by atoms with Crippen LogP contribution in [-0.4, -0.2) is 21.1 Å². The molecule has 1 amide bonds. The largest absolute Gasteiger partial charge is 0.397 e. The highest BCUT2D eigenvalue weighted by Crippen LogP contribution is 2.23. The molecule has 1 aromatic rings. The second-order valence-electron chi connectivity index (χ2n) is 4.30. The first-order valence-electron chi connectivity index (χ1n) is 6.18. The molecule has 19 heavy (non-hydrogen) atoms. The van der Waals surface area contributed by atoms with Gasteiger partial charge in [-0.15, -0.1) is 0 Å². The SMILES string of the molecule is CCCCS(=O)C(C)C(=O)Nc1ccc(Cl)cc1N. The Balaban J connectivity index is 2.66. The number of rotatable bonds is 6. The molecule has 106 valence electrons. The van der Waals surface area contributed by atoms with Crippen molar-refractivity contribution >= 4 is 39.7 Å². The van der Waals surface area contributed by atoms with Crippen molar-refractivity contribution in [2.45, 2.75) is 31.9 Å². The van der Waals surface area contributed by atoms with Crippen LogP contribution in [0.1, 0.15) is 26.7 Å². The number of amides is 1. The molecule has 0 aliphatic rings. The van der Waals surface area contributed by atoms with Gasteiger partial charge in [0.15, 0.2) is 0 Å². The number of carbonyl (C=O) groups is 1. The Bertz CT molecular complexity index is 480. The summed E-state index contributed by atoms with van der Waals surface area (Å²) in [5, 5.41) is 2.63. The molecule has 2 atom stereocenters. The molecule has 1 rings (SSSR count). The van der Waals surface area contributed by atoms with Crippen molar-refractivity contribution in [3.05, 3.63) is 23.2 Å². The van der Waals surface area contributed by atoms with Gasteiger partial charge >= 0.3 is 0 Å². The number of halogens is 1. The van der Waals surface area contributed by atoms with E-state index in [9.17, 15) is 9.00 Å². The Labute approximate surface area is 121 Å². The Kier molecular flexibility index (Phi) is 6.31. The van der Waals surface area contributed by atoms with E-state index in [0.717, 1.165) is 12.8 Å². The number of nitrogens with one attached hydrogen (secondary N) is 1. The number of unbranched alkanes of at least 4 members (excludes halogenated alkanes) is 1. The van der Waals surface area contributed by atoms with Gasteiger partial charge in [0.2, 0.25) is 5.91 Å². The van der Waals surface area contributed by atoms with Crippen molar-refractivity contribution < 1.29 is 9.00 Å². The predicted octanol–water partition coefficient (Wildman–Crippen LogP) is 2.80. The average molecular weight is 303 g/mol. The third-order valence-corrected chi connectivity index (χ3v) is 4.66. The summed E-state index contributed by atoms with van der Waals surface area (Å²) >= 11 is 5.78. The minimum Gasteiger partial charge on any atom is -0.397 e. The zero-order valence-electron chi connectivity index (χ0n) is 11.1. The fraction of sp³-hybridized carbons (Fsp3) is 0.462. The maximum atomic E-state index is 12.0. The summed E-state index contributed by atoms with van der Waals surface area (Å²) in [5.74, 6) is 0.254. The van der Waals surface area contributed by atoms with E-state index in [-0.39, 0.29) is 5.91 Å². The standard InChI is InChI=1S/C13H19ClN2O2S/c1-3-4-7-19(18)9(2)13(17)16-12-6-5-10(14)8-11(12)15/h5-6,8-9H,3-4,7,15H2,1-2H3,(H,16,17). The third kappa shape index (κ3) is 4.84. The maximum absolute atomic E-state index is 12.0. The summed E-state index contributed by atoms with van der Waals surface area (Å²) in [6, 6.07) is 4.85. The molecule has 4 nitrogen and oxygen atoms in total. The van der Waals surface area contributed by atoms with Gasteiger partial charge in [-0.2, -0.15) is 0 Å². The van der Waals surface area contributed by atoms with Crippen LogP contribution in [0.3, 0.4) is 0 Å². The first kappa shape index (κ1) is 16.0. The monoisotopic (exact) mass is 302 g/mol. The highest BCUT2D eigenvalue weighted by molar-refractivity contribution is 7.86. The van der Waals surface area contributed by atoms with E-state index in [0.29, 0.717) is 22.2 Å². The Morgan fingerprint density at radius 3 is 2.79 bits per heavy atom. The van der Waals surface area contributed by atoms with Crippen molar-refractivity contribution in [2.24, 2.45) is 0 Å². The molecule has 0 fully saturated rings. The second-order valence-corrected chi connectivity index (χ2v) is 6.61. The van der Waals surface area contributed by atoms with E-state index < -0.39 is 16.0 Å². The smallest absolute Gasteiger partial charge is 0.239 e. The van der Waals surface area contributed by atoms with E-state index in [1.165, 1.54) is 0 Å². The molecule has 0 bridgehead atoms. The van der Waals surface area contributed by atoms with Gasteiger partial charge in [0.05, 0.1) is 11.4 Å². The average Bonchev–Trinajstić information content (AvgIpc) is 2.38. The lowest BCUT2D eigenvalue weighted by atomic mass is 10.2. The van der Waals surface area contributed by atoms with Crippen LogP contribution >= 0.6 is 11.6 Å².